The number of alkyl carbamates (subject to hydrolysis) is 1. The molecule has 1 aromatic heterocycles. The molecule has 0 bridgehead atoms. The molecule has 2 aromatic rings. The smallest absolute Gasteiger partial charge is 0.408 e. The summed E-state index contributed by atoms with van der Waals surface area (Å²) < 4.78 is 5.08. The lowest BCUT2D eigenvalue weighted by atomic mass is 10.0. The van der Waals surface area contributed by atoms with Crippen molar-refractivity contribution in [3.63, 3.8) is 0 Å². The lowest BCUT2D eigenvalue weighted by Crippen LogP contribution is -2.44. The maximum Gasteiger partial charge on any atom is 0.408 e. The van der Waals surface area contributed by atoms with Crippen LogP contribution in [0.25, 0.3) is 11.3 Å². The number of hydrogen-bond donors (Lipinski definition) is 2. The quantitative estimate of drug-likeness (QED) is 0.575. The molecule has 0 spiro atoms. The number of nitrogens with zero attached hydrogens (tertiary/aromatic N) is 2. The number of rotatable bonds is 6. The Bertz CT molecular complexity index is 874. The Labute approximate surface area is 161 Å². The summed E-state index contributed by atoms with van der Waals surface area (Å²) in [5.74, 6) is -1.20. The van der Waals surface area contributed by atoms with E-state index in [2.05, 4.69) is 10.3 Å². The molecule has 0 saturated carbocycles. The number of amides is 1. The van der Waals surface area contributed by atoms with Crippen LogP contribution in [0.2, 0.25) is 0 Å². The molecule has 9 heteroatoms. The number of nitrogens with one attached hydrogen (secondary N) is 1. The van der Waals surface area contributed by atoms with Crippen molar-refractivity contribution in [2.24, 2.45) is 0 Å². The number of ether oxygens (including phenoxy) is 1. The molecule has 0 fully saturated rings. The fraction of sp³-hybridized carbons (Fsp3) is 0.316. The van der Waals surface area contributed by atoms with Crippen molar-refractivity contribution < 1.29 is 24.4 Å². The number of carboxylic acid groups (broad SMARTS) is 1. The second-order valence-electron chi connectivity index (χ2n) is 7.07. The van der Waals surface area contributed by atoms with Crippen molar-refractivity contribution in [3.8, 4) is 11.3 Å². The van der Waals surface area contributed by atoms with Gasteiger partial charge >= 0.3 is 12.1 Å². The first-order valence-electron chi connectivity index (χ1n) is 8.48. The van der Waals surface area contributed by atoms with Crippen LogP contribution in [0.1, 0.15) is 26.3 Å². The predicted octanol–water partition coefficient (Wildman–Crippen LogP) is 3.18. The number of benzene rings is 1. The van der Waals surface area contributed by atoms with Crippen LogP contribution < -0.4 is 5.32 Å². The van der Waals surface area contributed by atoms with Crippen molar-refractivity contribution in [2.75, 3.05) is 0 Å². The fourth-order valence-electron chi connectivity index (χ4n) is 2.45. The molecule has 1 amide bonds. The van der Waals surface area contributed by atoms with E-state index in [9.17, 15) is 24.8 Å². The summed E-state index contributed by atoms with van der Waals surface area (Å²) in [4.78, 5) is 38.0. The standard InChI is InChI=1S/C19H21N3O6/c1-19(2,3)28-18(25)21-14(17(23)24)11-12-6-8-13(9-7-12)16-15(22(26)27)5-4-10-20-16/h4-10,14H,11H2,1-3H3,(H,21,25)(H,23,24). The summed E-state index contributed by atoms with van der Waals surface area (Å²) >= 11 is 0. The van der Waals surface area contributed by atoms with Gasteiger partial charge in [-0.2, -0.15) is 0 Å². The summed E-state index contributed by atoms with van der Waals surface area (Å²) in [6, 6.07) is 8.19. The molecule has 1 unspecified atom stereocenters. The molecule has 9 nitrogen and oxygen atoms in total. The van der Waals surface area contributed by atoms with Gasteiger partial charge in [0.15, 0.2) is 0 Å². The number of carbonyl (C=O) groups excluding carboxylic acids is 1. The first-order valence-corrected chi connectivity index (χ1v) is 8.48. The van der Waals surface area contributed by atoms with Gasteiger partial charge in [0.1, 0.15) is 17.3 Å². The Kier molecular flexibility index (Phi) is 6.29. The van der Waals surface area contributed by atoms with E-state index in [0.717, 1.165) is 0 Å². The third-order valence-corrected chi connectivity index (χ3v) is 3.64. The van der Waals surface area contributed by atoms with Crippen LogP contribution in [0.3, 0.4) is 0 Å². The van der Waals surface area contributed by atoms with Crippen LogP contribution in [-0.2, 0) is 16.0 Å². The number of pyridine rings is 1. The number of aromatic nitrogens is 1. The maximum atomic E-state index is 11.8. The molecule has 148 valence electrons. The van der Waals surface area contributed by atoms with E-state index in [0.29, 0.717) is 11.1 Å². The van der Waals surface area contributed by atoms with E-state index in [1.807, 2.05) is 0 Å². The van der Waals surface area contributed by atoms with E-state index in [4.69, 9.17) is 4.74 Å². The Hall–Kier alpha value is -3.49. The molecular weight excluding hydrogens is 366 g/mol. The molecule has 0 aliphatic carbocycles. The minimum absolute atomic E-state index is 0.0270. The van der Waals surface area contributed by atoms with Crippen LogP contribution in [0.15, 0.2) is 42.6 Å². The summed E-state index contributed by atoms with van der Waals surface area (Å²) in [6.45, 7) is 5.04. The van der Waals surface area contributed by atoms with E-state index in [1.54, 1.807) is 45.0 Å². The molecule has 2 rings (SSSR count). The average molecular weight is 387 g/mol. The average Bonchev–Trinajstić information content (AvgIpc) is 2.60. The van der Waals surface area contributed by atoms with Gasteiger partial charge in [0.2, 0.25) is 0 Å². The first-order chi connectivity index (χ1) is 13.1. The van der Waals surface area contributed by atoms with Gasteiger partial charge in [-0.3, -0.25) is 10.1 Å². The highest BCUT2D eigenvalue weighted by atomic mass is 16.6. The van der Waals surface area contributed by atoms with Crippen molar-refractivity contribution in [1.82, 2.24) is 10.3 Å². The van der Waals surface area contributed by atoms with E-state index in [-0.39, 0.29) is 17.8 Å². The Morgan fingerprint density at radius 1 is 1.25 bits per heavy atom. The van der Waals surface area contributed by atoms with Crippen LogP contribution in [0.4, 0.5) is 10.5 Å². The number of nitro groups is 1. The van der Waals surface area contributed by atoms with Crippen LogP contribution >= 0.6 is 0 Å². The van der Waals surface area contributed by atoms with Crippen molar-refractivity contribution in [3.05, 3.63) is 58.3 Å². The third kappa shape index (κ3) is 5.76. The second-order valence-corrected chi connectivity index (χ2v) is 7.07. The SMILES string of the molecule is CC(C)(C)OC(=O)NC(Cc1ccc(-c2ncccc2[N+](=O)[O-])cc1)C(=O)O. The second kappa shape index (κ2) is 8.47. The van der Waals surface area contributed by atoms with Crippen LogP contribution in [0, 0.1) is 10.1 Å². The van der Waals surface area contributed by atoms with E-state index >= 15 is 0 Å². The minimum Gasteiger partial charge on any atom is -0.480 e. The topological polar surface area (TPSA) is 132 Å². The summed E-state index contributed by atoms with van der Waals surface area (Å²) in [5, 5.41) is 22.8. The summed E-state index contributed by atoms with van der Waals surface area (Å²) in [5.41, 5.74) is 0.520. The van der Waals surface area contributed by atoms with Gasteiger partial charge in [-0.1, -0.05) is 24.3 Å². The normalized spacial score (nSPS) is 12.1. The summed E-state index contributed by atoms with van der Waals surface area (Å²) in [6.07, 6.45) is 0.668. The lowest BCUT2D eigenvalue weighted by molar-refractivity contribution is -0.384. The largest absolute Gasteiger partial charge is 0.480 e. The highest BCUT2D eigenvalue weighted by Gasteiger charge is 2.24. The van der Waals surface area contributed by atoms with Gasteiger partial charge in [0.05, 0.1) is 4.92 Å². The molecule has 0 radical (unpaired) electrons. The van der Waals surface area contributed by atoms with Crippen LogP contribution in [0.5, 0.6) is 0 Å². The van der Waals surface area contributed by atoms with E-state index in [1.165, 1.54) is 18.3 Å². The van der Waals surface area contributed by atoms with Gasteiger partial charge < -0.3 is 15.2 Å². The minimum atomic E-state index is -1.20. The van der Waals surface area contributed by atoms with Gasteiger partial charge in [0, 0.05) is 24.2 Å². The number of carbonyl (C=O) groups is 2. The first kappa shape index (κ1) is 20.8. The Balaban J connectivity index is 2.15. The van der Waals surface area contributed by atoms with Crippen molar-refractivity contribution in [1.29, 1.82) is 0 Å². The number of carboxylic acids is 1. The number of hydrogen-bond acceptors (Lipinski definition) is 6. The molecule has 0 saturated heterocycles. The molecule has 2 N–H and O–H groups in total. The molecule has 28 heavy (non-hydrogen) atoms. The third-order valence-electron chi connectivity index (χ3n) is 3.64. The summed E-state index contributed by atoms with van der Waals surface area (Å²) in [7, 11) is 0. The molecule has 1 aromatic carbocycles. The number of aliphatic carboxylic acids is 1. The zero-order valence-corrected chi connectivity index (χ0v) is 15.7. The highest BCUT2D eigenvalue weighted by Crippen LogP contribution is 2.27. The zero-order valence-electron chi connectivity index (χ0n) is 15.7. The van der Waals surface area contributed by atoms with Gasteiger partial charge in [-0.25, -0.2) is 14.6 Å². The molecule has 1 atom stereocenters. The molecular formula is C19H21N3O6. The van der Waals surface area contributed by atoms with E-state index < -0.39 is 28.6 Å². The predicted molar refractivity (Wildman–Crippen MR) is 101 cm³/mol. The van der Waals surface area contributed by atoms with Crippen LogP contribution in [-0.4, -0.2) is 38.7 Å². The Morgan fingerprint density at radius 3 is 2.43 bits per heavy atom. The molecule has 0 aliphatic heterocycles. The Morgan fingerprint density at radius 2 is 1.89 bits per heavy atom. The molecule has 0 aliphatic rings. The van der Waals surface area contributed by atoms with Gasteiger partial charge in [-0.15, -0.1) is 0 Å². The molecule has 1 heterocycles. The fourth-order valence-corrected chi connectivity index (χ4v) is 2.45. The van der Waals surface area contributed by atoms with Gasteiger partial charge in [0.25, 0.3) is 5.69 Å². The zero-order chi connectivity index (χ0) is 20.9. The van der Waals surface area contributed by atoms with Gasteiger partial charge in [-0.05, 0) is 32.4 Å². The lowest BCUT2D eigenvalue weighted by Gasteiger charge is -2.22. The highest BCUT2D eigenvalue weighted by molar-refractivity contribution is 5.80. The van der Waals surface area contributed by atoms with Crippen molar-refractivity contribution >= 4 is 17.7 Å². The monoisotopic (exact) mass is 387 g/mol. The van der Waals surface area contributed by atoms with Crippen molar-refractivity contribution in [2.45, 2.75) is 38.8 Å². The maximum absolute atomic E-state index is 11.8.